The lowest BCUT2D eigenvalue weighted by atomic mass is 10.2. The second kappa shape index (κ2) is 5.77. The van der Waals surface area contributed by atoms with Crippen LogP contribution in [0, 0.1) is 5.92 Å². The number of aromatic nitrogens is 1. The van der Waals surface area contributed by atoms with Gasteiger partial charge in [0.2, 0.25) is 10.0 Å². The van der Waals surface area contributed by atoms with Crippen LogP contribution in [-0.2, 0) is 16.6 Å². The van der Waals surface area contributed by atoms with E-state index >= 15 is 0 Å². The summed E-state index contributed by atoms with van der Waals surface area (Å²) in [6, 6.07) is 5.52. The zero-order valence-electron chi connectivity index (χ0n) is 10.5. The molecule has 1 saturated heterocycles. The first kappa shape index (κ1) is 13.5. The minimum Gasteiger partial charge on any atom is -0.316 e. The molecule has 100 valence electrons. The molecule has 18 heavy (non-hydrogen) atoms. The molecule has 1 aromatic heterocycles. The first-order valence-electron chi connectivity index (χ1n) is 6.12. The van der Waals surface area contributed by atoms with Crippen LogP contribution in [-0.4, -0.2) is 43.6 Å². The summed E-state index contributed by atoms with van der Waals surface area (Å²) >= 11 is 0. The largest absolute Gasteiger partial charge is 0.316 e. The first-order chi connectivity index (χ1) is 8.58. The summed E-state index contributed by atoms with van der Waals surface area (Å²) in [5, 5.41) is 3.19. The fourth-order valence-electron chi connectivity index (χ4n) is 2.10. The zero-order chi connectivity index (χ0) is 13.0. The van der Waals surface area contributed by atoms with Crippen LogP contribution < -0.4 is 5.32 Å². The fraction of sp³-hybridized carbons (Fsp3) is 0.583. The van der Waals surface area contributed by atoms with Gasteiger partial charge in [-0.15, -0.1) is 0 Å². The summed E-state index contributed by atoms with van der Waals surface area (Å²) in [7, 11) is -1.57. The highest BCUT2D eigenvalue weighted by Crippen LogP contribution is 2.14. The van der Waals surface area contributed by atoms with E-state index < -0.39 is 10.0 Å². The van der Waals surface area contributed by atoms with Gasteiger partial charge in [0.25, 0.3) is 0 Å². The summed E-state index contributed by atoms with van der Waals surface area (Å²) in [4.78, 5) is 4.15. The third-order valence-corrected chi connectivity index (χ3v) is 5.17. The Bertz CT molecular complexity index is 469. The van der Waals surface area contributed by atoms with Crippen LogP contribution in [0.25, 0.3) is 0 Å². The number of nitrogens with one attached hydrogen (secondary N) is 1. The molecule has 0 aliphatic carbocycles. The summed E-state index contributed by atoms with van der Waals surface area (Å²) in [6.45, 7) is 2.06. The highest BCUT2D eigenvalue weighted by molar-refractivity contribution is 7.89. The molecule has 1 unspecified atom stereocenters. The lowest BCUT2D eigenvalue weighted by Gasteiger charge is -2.18. The Hall–Kier alpha value is -0.980. The number of sulfonamides is 1. The Labute approximate surface area is 108 Å². The minimum atomic E-state index is -3.19. The van der Waals surface area contributed by atoms with E-state index in [9.17, 15) is 8.42 Å². The Morgan fingerprint density at radius 2 is 2.33 bits per heavy atom. The topological polar surface area (TPSA) is 62.3 Å². The Kier molecular flexibility index (Phi) is 4.31. The van der Waals surface area contributed by atoms with Crippen molar-refractivity contribution in [2.24, 2.45) is 5.92 Å². The van der Waals surface area contributed by atoms with Crippen molar-refractivity contribution >= 4 is 10.0 Å². The van der Waals surface area contributed by atoms with Crippen molar-refractivity contribution < 1.29 is 8.42 Å². The summed E-state index contributed by atoms with van der Waals surface area (Å²) < 4.78 is 25.7. The van der Waals surface area contributed by atoms with Crippen molar-refractivity contribution in [2.75, 3.05) is 25.9 Å². The van der Waals surface area contributed by atoms with Crippen molar-refractivity contribution in [1.29, 1.82) is 0 Å². The van der Waals surface area contributed by atoms with Gasteiger partial charge in [-0.05, 0) is 37.6 Å². The van der Waals surface area contributed by atoms with Gasteiger partial charge in [-0.3, -0.25) is 4.98 Å². The summed E-state index contributed by atoms with van der Waals surface area (Å²) in [6.07, 6.45) is 2.62. The van der Waals surface area contributed by atoms with E-state index in [1.54, 1.807) is 13.2 Å². The number of rotatable bonds is 5. The molecule has 1 N–H and O–H groups in total. The van der Waals surface area contributed by atoms with Gasteiger partial charge in [0.05, 0.1) is 18.0 Å². The molecule has 0 saturated carbocycles. The maximum Gasteiger partial charge on any atom is 0.214 e. The predicted octanol–water partition coefficient (Wildman–Crippen LogP) is 0.453. The van der Waals surface area contributed by atoms with Gasteiger partial charge in [0.15, 0.2) is 0 Å². The average molecular weight is 269 g/mol. The van der Waals surface area contributed by atoms with E-state index in [0.717, 1.165) is 25.2 Å². The molecule has 0 spiro atoms. The standard InChI is InChI=1S/C12H19N3O2S/c1-15(9-12-4-2-3-6-14-12)18(16,17)10-11-5-7-13-8-11/h2-4,6,11,13H,5,7-10H2,1H3. The maximum atomic E-state index is 12.2. The zero-order valence-corrected chi connectivity index (χ0v) is 11.4. The van der Waals surface area contributed by atoms with Crippen LogP contribution in [0.3, 0.4) is 0 Å². The second-order valence-corrected chi connectivity index (χ2v) is 6.84. The van der Waals surface area contributed by atoms with Crippen molar-refractivity contribution in [3.8, 4) is 0 Å². The molecule has 2 rings (SSSR count). The molecule has 1 aromatic rings. The van der Waals surface area contributed by atoms with Crippen LogP contribution in [0.1, 0.15) is 12.1 Å². The number of pyridine rings is 1. The Morgan fingerprint density at radius 1 is 1.50 bits per heavy atom. The van der Waals surface area contributed by atoms with E-state index in [-0.39, 0.29) is 11.7 Å². The number of hydrogen-bond acceptors (Lipinski definition) is 4. The molecule has 0 aromatic carbocycles. The summed E-state index contributed by atoms with van der Waals surface area (Å²) in [5.74, 6) is 0.463. The highest BCUT2D eigenvalue weighted by atomic mass is 32.2. The molecule has 0 bridgehead atoms. The SMILES string of the molecule is CN(Cc1ccccn1)S(=O)(=O)CC1CCNC1. The van der Waals surface area contributed by atoms with E-state index in [0.29, 0.717) is 6.54 Å². The maximum absolute atomic E-state index is 12.2. The molecular formula is C12H19N3O2S. The van der Waals surface area contributed by atoms with Gasteiger partial charge in [0.1, 0.15) is 0 Å². The molecule has 2 heterocycles. The third-order valence-electron chi connectivity index (χ3n) is 3.19. The van der Waals surface area contributed by atoms with E-state index in [1.165, 1.54) is 4.31 Å². The van der Waals surface area contributed by atoms with Crippen LogP contribution >= 0.6 is 0 Å². The quantitative estimate of drug-likeness (QED) is 0.843. The Balaban J connectivity index is 1.96. The van der Waals surface area contributed by atoms with Crippen LogP contribution in [0.2, 0.25) is 0 Å². The second-order valence-electron chi connectivity index (χ2n) is 4.71. The van der Waals surface area contributed by atoms with E-state index in [1.807, 2.05) is 18.2 Å². The first-order valence-corrected chi connectivity index (χ1v) is 7.73. The number of hydrogen-bond donors (Lipinski definition) is 1. The smallest absolute Gasteiger partial charge is 0.214 e. The van der Waals surface area contributed by atoms with Crippen molar-refractivity contribution in [2.45, 2.75) is 13.0 Å². The average Bonchev–Trinajstić information content (AvgIpc) is 2.82. The van der Waals surface area contributed by atoms with E-state index in [2.05, 4.69) is 10.3 Å². The molecule has 1 fully saturated rings. The molecule has 6 heteroatoms. The monoisotopic (exact) mass is 269 g/mol. The fourth-order valence-corrected chi connectivity index (χ4v) is 3.56. The van der Waals surface area contributed by atoms with Crippen molar-refractivity contribution in [3.63, 3.8) is 0 Å². The summed E-state index contributed by atoms with van der Waals surface area (Å²) in [5.41, 5.74) is 0.771. The van der Waals surface area contributed by atoms with Gasteiger partial charge in [0, 0.05) is 13.2 Å². The predicted molar refractivity (Wildman–Crippen MR) is 70.5 cm³/mol. The molecule has 0 radical (unpaired) electrons. The molecular weight excluding hydrogens is 250 g/mol. The van der Waals surface area contributed by atoms with Gasteiger partial charge in [-0.1, -0.05) is 6.07 Å². The molecule has 5 nitrogen and oxygen atoms in total. The normalized spacial score (nSPS) is 20.4. The highest BCUT2D eigenvalue weighted by Gasteiger charge is 2.25. The lowest BCUT2D eigenvalue weighted by Crippen LogP contribution is -2.32. The van der Waals surface area contributed by atoms with Crippen LogP contribution in [0.4, 0.5) is 0 Å². The van der Waals surface area contributed by atoms with Crippen LogP contribution in [0.15, 0.2) is 24.4 Å². The van der Waals surface area contributed by atoms with Gasteiger partial charge in [-0.25, -0.2) is 8.42 Å². The van der Waals surface area contributed by atoms with Crippen LogP contribution in [0.5, 0.6) is 0 Å². The lowest BCUT2D eigenvalue weighted by molar-refractivity contribution is 0.452. The van der Waals surface area contributed by atoms with Gasteiger partial charge in [-0.2, -0.15) is 4.31 Å². The number of nitrogens with zero attached hydrogens (tertiary/aromatic N) is 2. The van der Waals surface area contributed by atoms with Crippen molar-refractivity contribution in [3.05, 3.63) is 30.1 Å². The third kappa shape index (κ3) is 3.51. The van der Waals surface area contributed by atoms with Gasteiger partial charge >= 0.3 is 0 Å². The Morgan fingerprint density at radius 3 is 2.94 bits per heavy atom. The molecule has 1 aliphatic rings. The molecule has 1 aliphatic heterocycles. The van der Waals surface area contributed by atoms with E-state index in [4.69, 9.17) is 0 Å². The minimum absolute atomic E-state index is 0.226. The van der Waals surface area contributed by atoms with Crippen molar-refractivity contribution in [1.82, 2.24) is 14.6 Å². The molecule has 0 amide bonds. The van der Waals surface area contributed by atoms with Gasteiger partial charge < -0.3 is 5.32 Å². The molecule has 1 atom stereocenters.